The molecule has 0 radical (unpaired) electrons. The Morgan fingerprint density at radius 2 is 1.89 bits per heavy atom. The first-order valence-electron chi connectivity index (χ1n) is 6.03. The van der Waals surface area contributed by atoms with Crippen LogP contribution in [0.3, 0.4) is 0 Å². The Hall–Kier alpha value is -1.91. The van der Waals surface area contributed by atoms with Crippen molar-refractivity contribution in [1.82, 2.24) is 0 Å². The van der Waals surface area contributed by atoms with E-state index in [1.54, 1.807) is 43.3 Å². The van der Waals surface area contributed by atoms with Crippen molar-refractivity contribution in [3.63, 3.8) is 0 Å². The second-order valence-corrected chi connectivity index (χ2v) is 4.34. The van der Waals surface area contributed by atoms with Crippen LogP contribution in [-0.4, -0.2) is 5.11 Å². The summed E-state index contributed by atoms with van der Waals surface area (Å²) in [6.07, 6.45) is 0. The van der Waals surface area contributed by atoms with Crippen LogP contribution in [0.25, 0.3) is 0 Å². The molecule has 0 heterocycles. The second-order valence-electron chi connectivity index (χ2n) is 4.34. The lowest BCUT2D eigenvalue weighted by Gasteiger charge is -2.14. The molecule has 100 valence electrons. The SMILES string of the molecule is C[C@H](N)c1c(F)cccc1Oc1ccc(CO)cc1. The Morgan fingerprint density at radius 1 is 1.21 bits per heavy atom. The molecule has 0 saturated carbocycles. The largest absolute Gasteiger partial charge is 0.457 e. The second kappa shape index (κ2) is 5.82. The van der Waals surface area contributed by atoms with E-state index in [-0.39, 0.29) is 12.4 Å². The normalized spacial score (nSPS) is 12.2. The molecule has 19 heavy (non-hydrogen) atoms. The van der Waals surface area contributed by atoms with E-state index in [0.717, 1.165) is 5.56 Å². The van der Waals surface area contributed by atoms with Crippen molar-refractivity contribution < 1.29 is 14.2 Å². The van der Waals surface area contributed by atoms with Crippen molar-refractivity contribution in [2.45, 2.75) is 19.6 Å². The maximum absolute atomic E-state index is 13.7. The van der Waals surface area contributed by atoms with Gasteiger partial charge in [-0.05, 0) is 36.8 Å². The van der Waals surface area contributed by atoms with Crippen molar-refractivity contribution in [2.24, 2.45) is 5.73 Å². The van der Waals surface area contributed by atoms with Crippen molar-refractivity contribution in [3.8, 4) is 11.5 Å². The summed E-state index contributed by atoms with van der Waals surface area (Å²) in [7, 11) is 0. The number of hydrogen-bond acceptors (Lipinski definition) is 3. The molecule has 0 bridgehead atoms. The van der Waals surface area contributed by atoms with Crippen molar-refractivity contribution in [3.05, 3.63) is 59.4 Å². The van der Waals surface area contributed by atoms with Gasteiger partial charge in [-0.2, -0.15) is 0 Å². The molecule has 3 nitrogen and oxygen atoms in total. The van der Waals surface area contributed by atoms with Crippen LogP contribution >= 0.6 is 0 Å². The summed E-state index contributed by atoms with van der Waals surface area (Å²) >= 11 is 0. The molecule has 1 atom stereocenters. The van der Waals surface area contributed by atoms with Gasteiger partial charge in [0.25, 0.3) is 0 Å². The maximum atomic E-state index is 13.7. The standard InChI is InChI=1S/C15H16FNO2/c1-10(17)15-13(16)3-2-4-14(15)19-12-7-5-11(9-18)6-8-12/h2-8,10,18H,9,17H2,1H3/t10-/m0/s1. The van der Waals surface area contributed by atoms with Gasteiger partial charge in [-0.3, -0.25) is 0 Å². The van der Waals surface area contributed by atoms with Crippen LogP contribution in [0.1, 0.15) is 24.1 Å². The summed E-state index contributed by atoms with van der Waals surface area (Å²) < 4.78 is 19.4. The number of benzene rings is 2. The molecule has 0 amide bonds. The summed E-state index contributed by atoms with van der Waals surface area (Å²) in [4.78, 5) is 0. The van der Waals surface area contributed by atoms with Crippen LogP contribution < -0.4 is 10.5 Å². The lowest BCUT2D eigenvalue weighted by Crippen LogP contribution is -2.09. The fraction of sp³-hybridized carbons (Fsp3) is 0.200. The van der Waals surface area contributed by atoms with E-state index >= 15 is 0 Å². The molecule has 0 aromatic heterocycles. The van der Waals surface area contributed by atoms with E-state index in [1.165, 1.54) is 6.07 Å². The van der Waals surface area contributed by atoms with E-state index in [1.807, 2.05) is 0 Å². The van der Waals surface area contributed by atoms with Gasteiger partial charge < -0.3 is 15.6 Å². The molecule has 3 N–H and O–H groups in total. The van der Waals surface area contributed by atoms with Gasteiger partial charge in [0.05, 0.1) is 6.61 Å². The van der Waals surface area contributed by atoms with Crippen LogP contribution in [0.15, 0.2) is 42.5 Å². The van der Waals surface area contributed by atoms with Crippen LogP contribution in [0.2, 0.25) is 0 Å². The summed E-state index contributed by atoms with van der Waals surface area (Å²) in [6, 6.07) is 11.1. The van der Waals surface area contributed by atoms with E-state index in [4.69, 9.17) is 15.6 Å². The van der Waals surface area contributed by atoms with Crippen LogP contribution in [0.4, 0.5) is 4.39 Å². The molecule has 0 unspecified atom stereocenters. The minimum atomic E-state index is -0.451. The van der Waals surface area contributed by atoms with Gasteiger partial charge >= 0.3 is 0 Å². The Kier molecular flexibility index (Phi) is 4.14. The molecule has 4 heteroatoms. The number of aliphatic hydroxyl groups excluding tert-OH is 1. The molecular weight excluding hydrogens is 245 g/mol. The van der Waals surface area contributed by atoms with Crippen LogP contribution in [0.5, 0.6) is 11.5 Å². The van der Waals surface area contributed by atoms with Crippen molar-refractivity contribution in [1.29, 1.82) is 0 Å². The summed E-state index contributed by atoms with van der Waals surface area (Å²) in [5, 5.41) is 8.96. The van der Waals surface area contributed by atoms with Gasteiger partial charge in [0, 0.05) is 11.6 Å². The predicted molar refractivity (Wildman–Crippen MR) is 71.4 cm³/mol. The average molecular weight is 261 g/mol. The first-order chi connectivity index (χ1) is 9.11. The van der Waals surface area contributed by atoms with Gasteiger partial charge in [-0.15, -0.1) is 0 Å². The Morgan fingerprint density at radius 3 is 2.47 bits per heavy atom. The molecule has 2 aromatic rings. The number of rotatable bonds is 4. The fourth-order valence-electron chi connectivity index (χ4n) is 1.84. The first kappa shape index (κ1) is 13.5. The lowest BCUT2D eigenvalue weighted by atomic mass is 10.1. The van der Waals surface area contributed by atoms with E-state index < -0.39 is 6.04 Å². The first-order valence-corrected chi connectivity index (χ1v) is 6.03. The summed E-state index contributed by atoms with van der Waals surface area (Å²) in [6.45, 7) is 1.69. The number of ether oxygens (including phenoxy) is 1. The molecule has 2 rings (SSSR count). The van der Waals surface area contributed by atoms with Crippen LogP contribution in [-0.2, 0) is 6.61 Å². The summed E-state index contributed by atoms with van der Waals surface area (Å²) in [5.41, 5.74) is 6.91. The smallest absolute Gasteiger partial charge is 0.135 e. The minimum Gasteiger partial charge on any atom is -0.457 e. The number of hydrogen-bond donors (Lipinski definition) is 2. The van der Waals surface area contributed by atoms with Gasteiger partial charge in [0.1, 0.15) is 17.3 Å². The Balaban J connectivity index is 2.29. The zero-order valence-corrected chi connectivity index (χ0v) is 10.6. The minimum absolute atomic E-state index is 0.0225. The van der Waals surface area contributed by atoms with Crippen molar-refractivity contribution in [2.75, 3.05) is 0 Å². The highest BCUT2D eigenvalue weighted by Crippen LogP contribution is 2.30. The Labute approximate surface area is 111 Å². The van der Waals surface area contributed by atoms with E-state index in [0.29, 0.717) is 17.1 Å². The molecule has 0 spiro atoms. The molecule has 0 aliphatic carbocycles. The van der Waals surface area contributed by atoms with Crippen LogP contribution in [0, 0.1) is 5.82 Å². The highest BCUT2D eigenvalue weighted by Gasteiger charge is 2.14. The molecular formula is C15H16FNO2. The highest BCUT2D eigenvalue weighted by molar-refractivity contribution is 5.40. The Bertz CT molecular complexity index is 553. The third-order valence-electron chi connectivity index (χ3n) is 2.80. The van der Waals surface area contributed by atoms with Crippen molar-refractivity contribution >= 4 is 0 Å². The number of nitrogens with two attached hydrogens (primary N) is 1. The topological polar surface area (TPSA) is 55.5 Å². The quantitative estimate of drug-likeness (QED) is 0.889. The predicted octanol–water partition coefficient (Wildman–Crippen LogP) is 3.13. The van der Waals surface area contributed by atoms with Gasteiger partial charge in [0.15, 0.2) is 0 Å². The molecule has 0 fully saturated rings. The third-order valence-corrected chi connectivity index (χ3v) is 2.80. The number of aliphatic hydroxyl groups is 1. The highest BCUT2D eigenvalue weighted by atomic mass is 19.1. The van der Waals surface area contributed by atoms with E-state index in [9.17, 15) is 4.39 Å². The molecule has 0 aliphatic rings. The summed E-state index contributed by atoms with van der Waals surface area (Å²) in [5.74, 6) is 0.607. The zero-order chi connectivity index (χ0) is 13.8. The third kappa shape index (κ3) is 3.10. The maximum Gasteiger partial charge on any atom is 0.135 e. The monoisotopic (exact) mass is 261 g/mol. The fourth-order valence-corrected chi connectivity index (χ4v) is 1.84. The number of halogens is 1. The average Bonchev–Trinajstić information content (AvgIpc) is 2.39. The zero-order valence-electron chi connectivity index (χ0n) is 10.6. The van der Waals surface area contributed by atoms with E-state index in [2.05, 4.69) is 0 Å². The molecule has 0 saturated heterocycles. The van der Waals surface area contributed by atoms with Gasteiger partial charge in [0.2, 0.25) is 0 Å². The van der Waals surface area contributed by atoms with Gasteiger partial charge in [-0.25, -0.2) is 4.39 Å². The molecule has 0 aliphatic heterocycles. The molecule has 2 aromatic carbocycles. The lowest BCUT2D eigenvalue weighted by molar-refractivity contribution is 0.281. The van der Waals surface area contributed by atoms with Gasteiger partial charge in [-0.1, -0.05) is 18.2 Å².